The number of carbonyl (C=O) groups excluding carboxylic acids is 1. The number of fused-ring (bicyclic) bond motifs is 3. The second-order valence-electron chi connectivity index (χ2n) is 5.44. The van der Waals surface area contributed by atoms with Crippen molar-refractivity contribution in [2.45, 2.75) is 18.9 Å². The van der Waals surface area contributed by atoms with Crippen LogP contribution >= 0.6 is 0 Å². The molecule has 108 valence electrons. The van der Waals surface area contributed by atoms with E-state index in [0.29, 0.717) is 17.4 Å². The zero-order valence-corrected chi connectivity index (χ0v) is 11.7. The minimum atomic E-state index is -0.378. The van der Waals surface area contributed by atoms with E-state index < -0.39 is 0 Å². The number of ether oxygens (including phenoxy) is 2. The van der Waals surface area contributed by atoms with Crippen molar-refractivity contribution in [3.8, 4) is 5.75 Å². The van der Waals surface area contributed by atoms with Crippen LogP contribution in [0, 0.1) is 5.92 Å². The first-order valence-electron chi connectivity index (χ1n) is 7.08. The molecule has 0 aliphatic carbocycles. The summed E-state index contributed by atoms with van der Waals surface area (Å²) in [5.41, 5.74) is 0.690. The molecule has 0 saturated carbocycles. The van der Waals surface area contributed by atoms with E-state index in [1.807, 2.05) is 18.2 Å². The molecule has 2 bridgehead atoms. The number of methoxy groups -OCH3 is 1. The van der Waals surface area contributed by atoms with Crippen LogP contribution in [0.15, 0.2) is 24.3 Å². The maximum Gasteiger partial charge on any atom is 0.411 e. The van der Waals surface area contributed by atoms with E-state index in [4.69, 9.17) is 9.47 Å². The summed E-state index contributed by atoms with van der Waals surface area (Å²) in [5.74, 6) is 1.24. The highest BCUT2D eigenvalue weighted by atomic mass is 16.6. The standard InChI is InChI=1S/C15H20N2O3/c1-19-13-4-2-3-12(9-13)16-15(18)20-14-10-17-7-5-11(14)6-8-17/h2-4,9,11,14H,5-8,10H2,1H3,(H,16,18). The molecule has 1 amide bonds. The van der Waals surface area contributed by atoms with Crippen molar-refractivity contribution in [2.24, 2.45) is 5.92 Å². The summed E-state index contributed by atoms with van der Waals surface area (Å²) in [5, 5.41) is 2.76. The third kappa shape index (κ3) is 2.88. The average Bonchev–Trinajstić information content (AvgIpc) is 2.48. The zero-order chi connectivity index (χ0) is 13.9. The van der Waals surface area contributed by atoms with Gasteiger partial charge in [0.25, 0.3) is 0 Å². The lowest BCUT2D eigenvalue weighted by molar-refractivity contribution is -0.0289. The Hall–Kier alpha value is -1.75. The van der Waals surface area contributed by atoms with Gasteiger partial charge >= 0.3 is 6.09 Å². The van der Waals surface area contributed by atoms with Crippen molar-refractivity contribution in [1.82, 2.24) is 4.90 Å². The van der Waals surface area contributed by atoms with Crippen molar-refractivity contribution in [3.63, 3.8) is 0 Å². The highest BCUT2D eigenvalue weighted by Crippen LogP contribution is 2.29. The van der Waals surface area contributed by atoms with E-state index in [1.165, 1.54) is 0 Å². The number of rotatable bonds is 3. The Bertz CT molecular complexity index is 484. The van der Waals surface area contributed by atoms with Gasteiger partial charge in [-0.3, -0.25) is 10.2 Å². The monoisotopic (exact) mass is 276 g/mol. The molecule has 3 aliphatic rings. The van der Waals surface area contributed by atoms with Gasteiger partial charge in [-0.05, 0) is 44.0 Å². The van der Waals surface area contributed by atoms with Gasteiger partial charge in [-0.15, -0.1) is 0 Å². The number of benzene rings is 1. The molecule has 0 spiro atoms. The van der Waals surface area contributed by atoms with Crippen LogP contribution in [0.5, 0.6) is 5.75 Å². The molecule has 3 aliphatic heterocycles. The van der Waals surface area contributed by atoms with Crippen molar-refractivity contribution in [2.75, 3.05) is 32.1 Å². The van der Waals surface area contributed by atoms with E-state index in [1.54, 1.807) is 13.2 Å². The number of piperidine rings is 3. The number of anilines is 1. The van der Waals surface area contributed by atoms with Crippen LogP contribution < -0.4 is 10.1 Å². The number of carbonyl (C=O) groups is 1. The molecule has 0 aromatic heterocycles. The second-order valence-corrected chi connectivity index (χ2v) is 5.44. The molecule has 3 fully saturated rings. The fraction of sp³-hybridized carbons (Fsp3) is 0.533. The number of nitrogens with zero attached hydrogens (tertiary/aromatic N) is 1. The Kier molecular flexibility index (Phi) is 3.78. The van der Waals surface area contributed by atoms with Gasteiger partial charge < -0.3 is 9.47 Å². The van der Waals surface area contributed by atoms with E-state index in [9.17, 15) is 4.79 Å². The van der Waals surface area contributed by atoms with Crippen molar-refractivity contribution < 1.29 is 14.3 Å². The summed E-state index contributed by atoms with van der Waals surface area (Å²) in [6, 6.07) is 7.27. The van der Waals surface area contributed by atoms with Crippen molar-refractivity contribution >= 4 is 11.8 Å². The third-order valence-electron chi connectivity index (χ3n) is 4.17. The summed E-state index contributed by atoms with van der Waals surface area (Å²) < 4.78 is 10.7. The molecule has 4 rings (SSSR count). The molecule has 0 radical (unpaired) electrons. The highest BCUT2D eigenvalue weighted by molar-refractivity contribution is 5.85. The number of hydrogen-bond acceptors (Lipinski definition) is 4. The summed E-state index contributed by atoms with van der Waals surface area (Å²) in [6.07, 6.45) is 1.92. The Balaban J connectivity index is 1.57. The van der Waals surface area contributed by atoms with Gasteiger partial charge in [0, 0.05) is 18.3 Å². The normalized spacial score (nSPS) is 27.9. The minimum Gasteiger partial charge on any atom is -0.497 e. The van der Waals surface area contributed by atoms with E-state index in [2.05, 4.69) is 10.2 Å². The summed E-state index contributed by atoms with van der Waals surface area (Å²) in [6.45, 7) is 3.15. The second kappa shape index (κ2) is 5.71. The highest BCUT2D eigenvalue weighted by Gasteiger charge is 2.36. The van der Waals surface area contributed by atoms with Crippen LogP contribution in [0.25, 0.3) is 0 Å². The van der Waals surface area contributed by atoms with E-state index in [0.717, 1.165) is 32.5 Å². The molecule has 1 aromatic rings. The quantitative estimate of drug-likeness (QED) is 0.920. The molecule has 1 atom stereocenters. The lowest BCUT2D eigenvalue weighted by atomic mass is 9.86. The van der Waals surface area contributed by atoms with Gasteiger partial charge in [0.15, 0.2) is 0 Å². The lowest BCUT2D eigenvalue weighted by Crippen LogP contribution is -2.52. The molecule has 3 saturated heterocycles. The Labute approximate surface area is 118 Å². The first-order chi connectivity index (χ1) is 9.74. The molecule has 5 heteroatoms. The predicted octanol–water partition coefficient (Wildman–Crippen LogP) is 2.34. The molecular formula is C15H20N2O3. The summed E-state index contributed by atoms with van der Waals surface area (Å²) >= 11 is 0. The predicted molar refractivity (Wildman–Crippen MR) is 76.0 cm³/mol. The number of hydrogen-bond donors (Lipinski definition) is 1. The topological polar surface area (TPSA) is 50.8 Å². The SMILES string of the molecule is COc1cccc(NC(=O)OC2CN3CCC2CC3)c1. The van der Waals surface area contributed by atoms with Crippen LogP contribution in [-0.4, -0.2) is 43.8 Å². The fourth-order valence-corrected chi connectivity index (χ4v) is 3.03. The third-order valence-corrected chi connectivity index (χ3v) is 4.17. The molecular weight excluding hydrogens is 256 g/mol. The van der Waals surface area contributed by atoms with Crippen LogP contribution in [0.3, 0.4) is 0 Å². The van der Waals surface area contributed by atoms with Crippen LogP contribution in [-0.2, 0) is 4.74 Å². The first-order valence-corrected chi connectivity index (χ1v) is 7.08. The van der Waals surface area contributed by atoms with Gasteiger partial charge in [0.1, 0.15) is 11.9 Å². The Morgan fingerprint density at radius 1 is 1.35 bits per heavy atom. The summed E-state index contributed by atoms with van der Waals surface area (Å²) in [7, 11) is 1.60. The maximum absolute atomic E-state index is 12.0. The van der Waals surface area contributed by atoms with Crippen LogP contribution in [0.4, 0.5) is 10.5 Å². The molecule has 1 unspecified atom stereocenters. The molecule has 20 heavy (non-hydrogen) atoms. The fourth-order valence-electron chi connectivity index (χ4n) is 3.03. The van der Waals surface area contributed by atoms with Crippen molar-refractivity contribution in [1.29, 1.82) is 0 Å². The molecule has 1 N–H and O–H groups in total. The van der Waals surface area contributed by atoms with Crippen LogP contribution in [0.1, 0.15) is 12.8 Å². The van der Waals surface area contributed by atoms with Gasteiger partial charge in [0.2, 0.25) is 0 Å². The lowest BCUT2D eigenvalue weighted by Gasteiger charge is -2.43. The zero-order valence-electron chi connectivity index (χ0n) is 11.7. The van der Waals surface area contributed by atoms with Gasteiger partial charge in [0.05, 0.1) is 7.11 Å². The van der Waals surface area contributed by atoms with Crippen LogP contribution in [0.2, 0.25) is 0 Å². The smallest absolute Gasteiger partial charge is 0.411 e. The van der Waals surface area contributed by atoms with E-state index >= 15 is 0 Å². The minimum absolute atomic E-state index is 0.0307. The number of amides is 1. The average molecular weight is 276 g/mol. The molecule has 1 aromatic carbocycles. The first kappa shape index (κ1) is 13.2. The van der Waals surface area contributed by atoms with E-state index in [-0.39, 0.29) is 12.2 Å². The van der Waals surface area contributed by atoms with Gasteiger partial charge in [-0.2, -0.15) is 0 Å². The summed E-state index contributed by atoms with van der Waals surface area (Å²) in [4.78, 5) is 14.3. The van der Waals surface area contributed by atoms with Gasteiger partial charge in [-0.25, -0.2) is 4.79 Å². The Morgan fingerprint density at radius 3 is 2.80 bits per heavy atom. The molecule has 5 nitrogen and oxygen atoms in total. The number of nitrogens with one attached hydrogen (secondary N) is 1. The van der Waals surface area contributed by atoms with Gasteiger partial charge in [-0.1, -0.05) is 6.07 Å². The Morgan fingerprint density at radius 2 is 2.15 bits per heavy atom. The maximum atomic E-state index is 12.0. The largest absolute Gasteiger partial charge is 0.497 e. The molecule has 3 heterocycles. The van der Waals surface area contributed by atoms with Crippen molar-refractivity contribution in [3.05, 3.63) is 24.3 Å².